The van der Waals surface area contributed by atoms with Crippen molar-refractivity contribution in [1.82, 2.24) is 0 Å². The molecule has 3 heteroatoms. The van der Waals surface area contributed by atoms with E-state index in [0.29, 0.717) is 0 Å². The van der Waals surface area contributed by atoms with E-state index in [1.165, 1.54) is 19.3 Å². The van der Waals surface area contributed by atoms with Crippen LogP contribution < -0.4 is 0 Å². The maximum atomic E-state index is 10.6. The van der Waals surface area contributed by atoms with E-state index in [-0.39, 0.29) is 12.5 Å². The molecule has 1 aromatic carbocycles. The van der Waals surface area contributed by atoms with Crippen molar-refractivity contribution in [3.8, 4) is 0 Å². The molecule has 3 rings (SSSR count). The predicted molar refractivity (Wildman–Crippen MR) is 104 cm³/mol. The van der Waals surface area contributed by atoms with Gasteiger partial charge in [-0.25, -0.2) is 0 Å². The third-order valence-electron chi connectivity index (χ3n) is 6.57. The molecule has 2 fully saturated rings. The van der Waals surface area contributed by atoms with Gasteiger partial charge in [0.2, 0.25) is 0 Å². The van der Waals surface area contributed by atoms with E-state index in [1.807, 2.05) is 30.3 Å². The summed E-state index contributed by atoms with van der Waals surface area (Å²) in [5.74, 6) is 2.52. The Morgan fingerprint density at radius 2 is 1.85 bits per heavy atom. The van der Waals surface area contributed by atoms with Gasteiger partial charge in [-0.3, -0.25) is 4.79 Å². The van der Waals surface area contributed by atoms with Gasteiger partial charge in [-0.05, 0) is 80.6 Å². The second-order valence-corrected chi connectivity index (χ2v) is 8.16. The van der Waals surface area contributed by atoms with Crippen LogP contribution in [0.25, 0.3) is 0 Å². The fourth-order valence-corrected chi connectivity index (χ4v) is 5.28. The first-order chi connectivity index (χ1) is 12.6. The lowest BCUT2D eigenvalue weighted by Gasteiger charge is -2.31. The number of unbranched alkanes of at least 4 members (excludes halogenated alkanes) is 1. The van der Waals surface area contributed by atoms with Crippen LogP contribution in [0.3, 0.4) is 0 Å². The number of hydrogen-bond acceptors (Lipinski definition) is 2. The Labute approximate surface area is 157 Å². The number of carboxylic acids is 1. The van der Waals surface area contributed by atoms with Gasteiger partial charge in [-0.2, -0.15) is 0 Å². The molecule has 2 saturated carbocycles. The Kier molecular flexibility index (Phi) is 6.90. The van der Waals surface area contributed by atoms with E-state index < -0.39 is 5.97 Å². The molecule has 0 spiro atoms. The normalized spacial score (nSPS) is 28.7. The van der Waals surface area contributed by atoms with Crippen LogP contribution in [0, 0.1) is 23.7 Å². The van der Waals surface area contributed by atoms with Gasteiger partial charge in [-0.1, -0.05) is 42.5 Å². The Hall–Kier alpha value is -1.61. The first-order valence-corrected chi connectivity index (χ1v) is 10.2. The molecule has 1 aromatic rings. The molecule has 142 valence electrons. The van der Waals surface area contributed by atoms with Gasteiger partial charge >= 0.3 is 5.97 Å². The van der Waals surface area contributed by atoms with Gasteiger partial charge in [-0.15, -0.1) is 0 Å². The van der Waals surface area contributed by atoms with Crippen LogP contribution in [0.5, 0.6) is 0 Å². The van der Waals surface area contributed by atoms with Gasteiger partial charge in [0.15, 0.2) is 0 Å². The number of aliphatic hydroxyl groups is 1. The lowest BCUT2D eigenvalue weighted by atomic mass is 9.75. The molecule has 2 aliphatic carbocycles. The summed E-state index contributed by atoms with van der Waals surface area (Å²) in [6.45, 7) is 0. The molecule has 0 amide bonds. The number of benzene rings is 1. The van der Waals surface area contributed by atoms with E-state index in [1.54, 1.807) is 0 Å². The van der Waals surface area contributed by atoms with Crippen LogP contribution in [0.2, 0.25) is 0 Å². The van der Waals surface area contributed by atoms with Crippen LogP contribution >= 0.6 is 0 Å². The van der Waals surface area contributed by atoms with Crippen molar-refractivity contribution in [2.75, 3.05) is 0 Å². The van der Waals surface area contributed by atoms with E-state index in [2.05, 4.69) is 12.2 Å². The molecule has 3 nitrogen and oxygen atoms in total. The van der Waals surface area contributed by atoms with E-state index >= 15 is 0 Å². The molecule has 0 heterocycles. The van der Waals surface area contributed by atoms with Crippen LogP contribution in [-0.2, 0) is 4.79 Å². The van der Waals surface area contributed by atoms with Crippen molar-refractivity contribution in [2.45, 2.75) is 63.9 Å². The van der Waals surface area contributed by atoms with Crippen LogP contribution in [0.15, 0.2) is 42.5 Å². The zero-order valence-corrected chi connectivity index (χ0v) is 15.6. The summed E-state index contributed by atoms with van der Waals surface area (Å²) in [6, 6.07) is 10.0. The second-order valence-electron chi connectivity index (χ2n) is 8.16. The fraction of sp³-hybridized carbons (Fsp3) is 0.609. The summed E-state index contributed by atoms with van der Waals surface area (Å²) in [4.78, 5) is 10.6. The SMILES string of the molecule is O=C(O)CCCC=CC[C@@H]1[C@@H]2CC[C@@H](C2)[C@@H]1CCC(O)c1ccccc1. The maximum Gasteiger partial charge on any atom is 0.303 e. The van der Waals surface area contributed by atoms with Crippen molar-refractivity contribution in [2.24, 2.45) is 23.7 Å². The summed E-state index contributed by atoms with van der Waals surface area (Å²) in [5, 5.41) is 19.2. The highest BCUT2D eigenvalue weighted by atomic mass is 16.4. The van der Waals surface area contributed by atoms with Gasteiger partial charge in [0.1, 0.15) is 0 Å². The van der Waals surface area contributed by atoms with Crippen molar-refractivity contribution in [1.29, 1.82) is 0 Å². The highest BCUT2D eigenvalue weighted by Crippen LogP contribution is 2.55. The second kappa shape index (κ2) is 9.36. The summed E-state index contributed by atoms with van der Waals surface area (Å²) >= 11 is 0. The van der Waals surface area contributed by atoms with Crippen LogP contribution in [0.4, 0.5) is 0 Å². The number of hydrogen-bond donors (Lipinski definition) is 2. The minimum Gasteiger partial charge on any atom is -0.481 e. The molecular weight excluding hydrogens is 324 g/mol. The zero-order valence-electron chi connectivity index (χ0n) is 15.6. The quantitative estimate of drug-likeness (QED) is 0.438. The van der Waals surface area contributed by atoms with Gasteiger partial charge < -0.3 is 10.2 Å². The summed E-state index contributed by atoms with van der Waals surface area (Å²) in [6.07, 6.45) is 13.2. The highest BCUT2D eigenvalue weighted by Gasteiger charge is 2.46. The molecule has 0 aliphatic heterocycles. The average molecular weight is 357 g/mol. The lowest BCUT2D eigenvalue weighted by molar-refractivity contribution is -0.137. The van der Waals surface area contributed by atoms with E-state index in [9.17, 15) is 9.90 Å². The first-order valence-electron chi connectivity index (χ1n) is 10.2. The topological polar surface area (TPSA) is 57.5 Å². The van der Waals surface area contributed by atoms with Gasteiger partial charge in [0, 0.05) is 6.42 Å². The van der Waals surface area contributed by atoms with Crippen LogP contribution in [0.1, 0.15) is 69.5 Å². The van der Waals surface area contributed by atoms with Crippen molar-refractivity contribution in [3.63, 3.8) is 0 Å². The number of fused-ring (bicyclic) bond motifs is 2. The number of rotatable bonds is 10. The minimum atomic E-state index is -0.705. The van der Waals surface area contributed by atoms with Crippen molar-refractivity contribution >= 4 is 5.97 Å². The molecule has 2 bridgehead atoms. The molecule has 2 aliphatic rings. The third kappa shape index (κ3) is 4.97. The van der Waals surface area contributed by atoms with E-state index in [4.69, 9.17) is 5.11 Å². The molecule has 0 saturated heterocycles. The standard InChI is InChI=1S/C23H32O3/c24-22(17-8-4-3-5-9-17)15-14-21-19-13-12-18(16-19)20(21)10-6-1-2-7-11-23(25)26/h1,3-6,8-9,18-22,24H,2,7,10-16H2,(H,25,26)/t18-,19+,20-,21+,22?/m1/s1. The molecular formula is C23H32O3. The Bertz CT molecular complexity index is 595. The highest BCUT2D eigenvalue weighted by molar-refractivity contribution is 5.66. The Balaban J connectivity index is 1.47. The van der Waals surface area contributed by atoms with E-state index in [0.717, 1.165) is 61.3 Å². The molecule has 0 radical (unpaired) electrons. The predicted octanol–water partition coefficient (Wildman–Crippen LogP) is 5.36. The first kappa shape index (κ1) is 19.2. The minimum absolute atomic E-state index is 0.262. The Morgan fingerprint density at radius 1 is 1.12 bits per heavy atom. The molecule has 5 atom stereocenters. The molecule has 2 N–H and O–H groups in total. The van der Waals surface area contributed by atoms with Gasteiger partial charge in [0.05, 0.1) is 6.10 Å². The number of aliphatic hydroxyl groups excluding tert-OH is 1. The number of aliphatic carboxylic acids is 1. The molecule has 0 aromatic heterocycles. The summed E-state index contributed by atoms with van der Waals surface area (Å²) < 4.78 is 0. The maximum absolute atomic E-state index is 10.6. The van der Waals surface area contributed by atoms with Gasteiger partial charge in [0.25, 0.3) is 0 Å². The summed E-state index contributed by atoms with van der Waals surface area (Å²) in [5.41, 5.74) is 1.03. The third-order valence-corrected chi connectivity index (χ3v) is 6.57. The molecule has 26 heavy (non-hydrogen) atoms. The fourth-order valence-electron chi connectivity index (χ4n) is 5.28. The zero-order chi connectivity index (χ0) is 18.4. The van der Waals surface area contributed by atoms with Crippen molar-refractivity contribution in [3.05, 3.63) is 48.0 Å². The lowest BCUT2D eigenvalue weighted by Crippen LogP contribution is -2.22. The number of allylic oxidation sites excluding steroid dienone is 2. The average Bonchev–Trinajstić information content (AvgIpc) is 3.24. The van der Waals surface area contributed by atoms with Crippen LogP contribution in [-0.4, -0.2) is 16.2 Å². The smallest absolute Gasteiger partial charge is 0.303 e. The monoisotopic (exact) mass is 356 g/mol. The van der Waals surface area contributed by atoms with Crippen molar-refractivity contribution < 1.29 is 15.0 Å². The summed E-state index contributed by atoms with van der Waals surface area (Å²) in [7, 11) is 0. The largest absolute Gasteiger partial charge is 0.481 e. The number of carbonyl (C=O) groups is 1. The Morgan fingerprint density at radius 3 is 2.58 bits per heavy atom. The number of carboxylic acid groups (broad SMARTS) is 1. The molecule has 1 unspecified atom stereocenters.